The molecular formula is C21H21BrClNO4. The second-order valence-electron chi connectivity index (χ2n) is 6.52. The van der Waals surface area contributed by atoms with E-state index in [4.69, 9.17) is 9.15 Å². The van der Waals surface area contributed by atoms with Crippen LogP contribution in [0.5, 0.6) is 0 Å². The maximum absolute atomic E-state index is 12.9. The van der Waals surface area contributed by atoms with Crippen LogP contribution in [0.4, 0.5) is 0 Å². The fourth-order valence-electron chi connectivity index (χ4n) is 2.77. The topological polar surface area (TPSA) is 59.8 Å². The van der Waals surface area contributed by atoms with E-state index in [1.54, 1.807) is 19.1 Å². The molecule has 0 unspecified atom stereocenters. The Bertz CT molecular complexity index is 1050. The molecular weight excluding hydrogens is 446 g/mol. The lowest BCUT2D eigenvalue weighted by atomic mass is 10.0. The molecule has 0 aliphatic heterocycles. The quantitative estimate of drug-likeness (QED) is 0.511. The zero-order valence-electron chi connectivity index (χ0n) is 15.8. The van der Waals surface area contributed by atoms with Crippen molar-refractivity contribution in [2.75, 3.05) is 27.2 Å². The number of halogens is 2. The zero-order valence-corrected chi connectivity index (χ0v) is 18.2. The summed E-state index contributed by atoms with van der Waals surface area (Å²) < 4.78 is 12.0. The van der Waals surface area contributed by atoms with Crippen molar-refractivity contribution in [2.45, 2.75) is 6.92 Å². The van der Waals surface area contributed by atoms with Crippen molar-refractivity contribution in [2.24, 2.45) is 0 Å². The molecule has 2 aromatic carbocycles. The molecule has 0 saturated carbocycles. The van der Waals surface area contributed by atoms with Gasteiger partial charge in [-0.25, -0.2) is 4.79 Å². The molecule has 0 aliphatic rings. The number of esters is 1. The molecule has 0 spiro atoms. The minimum Gasteiger partial charge on any atom is -0.461 e. The van der Waals surface area contributed by atoms with E-state index in [0.29, 0.717) is 27.7 Å². The highest BCUT2D eigenvalue weighted by Gasteiger charge is 2.20. The Morgan fingerprint density at radius 3 is 2.50 bits per heavy atom. The number of ether oxygens (including phenoxy) is 1. The molecule has 3 aromatic rings. The lowest BCUT2D eigenvalue weighted by molar-refractivity contribution is 0.0483. The molecule has 5 nitrogen and oxygen atoms in total. The highest BCUT2D eigenvalue weighted by molar-refractivity contribution is 9.10. The summed E-state index contributed by atoms with van der Waals surface area (Å²) in [5, 5.41) is 0.348. The normalized spacial score (nSPS) is 10.8. The van der Waals surface area contributed by atoms with Crippen LogP contribution in [0.1, 0.15) is 15.9 Å². The van der Waals surface area contributed by atoms with E-state index < -0.39 is 5.97 Å². The van der Waals surface area contributed by atoms with E-state index >= 15 is 0 Å². The Kier molecular flexibility index (Phi) is 7.41. The van der Waals surface area contributed by atoms with E-state index in [-0.39, 0.29) is 35.6 Å². The lowest BCUT2D eigenvalue weighted by Crippen LogP contribution is -2.20. The second-order valence-corrected chi connectivity index (χ2v) is 7.44. The first-order valence-corrected chi connectivity index (χ1v) is 9.32. The maximum Gasteiger partial charge on any atom is 0.342 e. The molecule has 0 N–H and O–H groups in total. The predicted octanol–water partition coefficient (Wildman–Crippen LogP) is 4.67. The van der Waals surface area contributed by atoms with Crippen molar-refractivity contribution in [3.8, 4) is 11.3 Å². The van der Waals surface area contributed by atoms with Gasteiger partial charge in [-0.3, -0.25) is 4.79 Å². The number of carbonyl (C=O) groups is 1. The Labute approximate surface area is 177 Å². The number of carbonyl (C=O) groups excluding carboxylic acids is 1. The van der Waals surface area contributed by atoms with Crippen molar-refractivity contribution < 1.29 is 13.9 Å². The fourth-order valence-corrected chi connectivity index (χ4v) is 3.23. The lowest BCUT2D eigenvalue weighted by Gasteiger charge is -2.12. The third-order valence-electron chi connectivity index (χ3n) is 4.21. The largest absolute Gasteiger partial charge is 0.461 e. The summed E-state index contributed by atoms with van der Waals surface area (Å²) >= 11 is 3.37. The molecule has 0 saturated heterocycles. The number of fused-ring (bicyclic) bond motifs is 1. The maximum atomic E-state index is 12.9. The molecule has 1 heterocycles. The summed E-state index contributed by atoms with van der Waals surface area (Å²) in [4.78, 5) is 27.4. The van der Waals surface area contributed by atoms with Crippen LogP contribution in [0, 0.1) is 6.92 Å². The summed E-state index contributed by atoms with van der Waals surface area (Å²) in [6, 6.07) is 12.7. The Balaban J connectivity index is 0.00000280. The number of hydrogen-bond acceptors (Lipinski definition) is 5. The average Bonchev–Trinajstić information content (AvgIpc) is 2.64. The van der Waals surface area contributed by atoms with Gasteiger partial charge in [0.1, 0.15) is 17.9 Å². The smallest absolute Gasteiger partial charge is 0.342 e. The molecule has 7 heteroatoms. The van der Waals surface area contributed by atoms with E-state index in [9.17, 15) is 9.59 Å². The van der Waals surface area contributed by atoms with Gasteiger partial charge in [0.2, 0.25) is 0 Å². The number of nitrogens with zero attached hydrogens (tertiary/aromatic N) is 1. The molecule has 0 aliphatic carbocycles. The van der Waals surface area contributed by atoms with Crippen molar-refractivity contribution >= 4 is 45.3 Å². The second kappa shape index (κ2) is 9.37. The van der Waals surface area contributed by atoms with E-state index in [0.717, 1.165) is 5.56 Å². The van der Waals surface area contributed by atoms with Crippen LogP contribution in [0.3, 0.4) is 0 Å². The number of benzene rings is 2. The molecule has 3 rings (SSSR count). The number of hydrogen-bond donors (Lipinski definition) is 0. The Morgan fingerprint density at radius 1 is 1.18 bits per heavy atom. The van der Waals surface area contributed by atoms with Crippen molar-refractivity contribution in [1.29, 1.82) is 0 Å². The Hall–Kier alpha value is -2.15. The van der Waals surface area contributed by atoms with E-state index in [1.807, 2.05) is 49.3 Å². The van der Waals surface area contributed by atoms with Gasteiger partial charge in [0, 0.05) is 22.1 Å². The first-order chi connectivity index (χ1) is 12.9. The molecule has 0 atom stereocenters. The summed E-state index contributed by atoms with van der Waals surface area (Å²) in [5.41, 5.74) is 1.58. The minimum atomic E-state index is -0.519. The minimum absolute atomic E-state index is 0. The number of rotatable bonds is 5. The molecule has 0 bridgehead atoms. The highest BCUT2D eigenvalue weighted by Crippen LogP contribution is 2.29. The van der Waals surface area contributed by atoms with Crippen LogP contribution in [-0.4, -0.2) is 38.1 Å². The van der Waals surface area contributed by atoms with Crippen molar-refractivity contribution in [1.82, 2.24) is 4.90 Å². The van der Waals surface area contributed by atoms with Gasteiger partial charge < -0.3 is 14.1 Å². The van der Waals surface area contributed by atoms with E-state index in [1.165, 1.54) is 0 Å². The van der Waals surface area contributed by atoms with Gasteiger partial charge in [0.05, 0.1) is 5.39 Å². The van der Waals surface area contributed by atoms with E-state index in [2.05, 4.69) is 15.9 Å². The molecule has 0 amide bonds. The van der Waals surface area contributed by atoms with Gasteiger partial charge in [-0.15, -0.1) is 12.4 Å². The van der Waals surface area contributed by atoms with Gasteiger partial charge in [0.15, 0.2) is 11.0 Å². The fraction of sp³-hybridized carbons (Fsp3) is 0.238. The van der Waals surface area contributed by atoms with Crippen LogP contribution < -0.4 is 5.43 Å². The molecule has 1 aromatic heterocycles. The van der Waals surface area contributed by atoms with Gasteiger partial charge in [0.25, 0.3) is 0 Å². The zero-order chi connectivity index (χ0) is 19.6. The monoisotopic (exact) mass is 465 g/mol. The average molecular weight is 467 g/mol. The van der Waals surface area contributed by atoms with Gasteiger partial charge in [-0.05, 0) is 33.2 Å². The van der Waals surface area contributed by atoms with Crippen LogP contribution in [0.2, 0.25) is 0 Å². The third kappa shape index (κ3) is 4.63. The highest BCUT2D eigenvalue weighted by atomic mass is 79.9. The van der Waals surface area contributed by atoms with Crippen LogP contribution >= 0.6 is 28.3 Å². The first kappa shape index (κ1) is 22.1. The van der Waals surface area contributed by atoms with Crippen molar-refractivity contribution in [3.63, 3.8) is 0 Å². The molecule has 0 radical (unpaired) electrons. The van der Waals surface area contributed by atoms with Gasteiger partial charge in [-0.2, -0.15) is 0 Å². The van der Waals surface area contributed by atoms with Crippen molar-refractivity contribution in [3.05, 3.63) is 68.3 Å². The summed E-state index contributed by atoms with van der Waals surface area (Å²) in [6.07, 6.45) is 0. The molecule has 0 fully saturated rings. The summed E-state index contributed by atoms with van der Waals surface area (Å²) in [6.45, 7) is 2.58. The summed E-state index contributed by atoms with van der Waals surface area (Å²) in [5.74, 6) is -0.0630. The molecule has 28 heavy (non-hydrogen) atoms. The summed E-state index contributed by atoms with van der Waals surface area (Å²) in [7, 11) is 3.80. The van der Waals surface area contributed by atoms with Crippen LogP contribution in [0.15, 0.2) is 56.1 Å². The third-order valence-corrected chi connectivity index (χ3v) is 4.67. The number of likely N-dealkylation sites (N-methyl/N-ethyl adjacent to an activating group) is 1. The Morgan fingerprint density at radius 2 is 1.86 bits per heavy atom. The van der Waals surface area contributed by atoms with Gasteiger partial charge in [-0.1, -0.05) is 46.3 Å². The standard InChI is InChI=1S/C21H20BrNO4.ClH/c1-13-18(24)16-11-15(22)12-17(21(25)26-10-9-23(2)3)20(16)27-19(13)14-7-5-4-6-8-14;/h4-8,11-12H,9-10H2,1-3H3;1H. The SMILES string of the molecule is Cc1c(-c2ccccc2)oc2c(C(=O)OCCN(C)C)cc(Br)cc2c1=O.Cl. The van der Waals surface area contributed by atoms with Gasteiger partial charge >= 0.3 is 5.97 Å². The van der Waals surface area contributed by atoms with Crippen LogP contribution in [-0.2, 0) is 4.74 Å². The van der Waals surface area contributed by atoms with Crippen LogP contribution in [0.25, 0.3) is 22.3 Å². The first-order valence-electron chi connectivity index (χ1n) is 8.52. The predicted molar refractivity (Wildman–Crippen MR) is 116 cm³/mol. The molecule has 148 valence electrons.